The molecule has 1 amide bonds. The van der Waals surface area contributed by atoms with Gasteiger partial charge in [-0.15, -0.1) is 0 Å². The third-order valence-corrected chi connectivity index (χ3v) is 5.02. The summed E-state index contributed by atoms with van der Waals surface area (Å²) in [4.78, 5) is 26.0. The molecule has 0 radical (unpaired) electrons. The van der Waals surface area contributed by atoms with Gasteiger partial charge in [0.05, 0.1) is 13.7 Å². The number of ketones is 1. The lowest BCUT2D eigenvalue weighted by Gasteiger charge is -2.16. The quantitative estimate of drug-likeness (QED) is 0.541. The molecule has 1 atom stereocenters. The number of amides is 1. The van der Waals surface area contributed by atoms with Crippen LogP contribution in [0.5, 0.6) is 11.5 Å². The summed E-state index contributed by atoms with van der Waals surface area (Å²) in [6.45, 7) is 4.05. The first kappa shape index (κ1) is 18.7. The zero-order chi connectivity index (χ0) is 18.5. The number of carbonyl (C=O) groups excluding carboxylic acids is 2. The van der Waals surface area contributed by atoms with Crippen LogP contribution in [0.4, 0.5) is 0 Å². The van der Waals surface area contributed by atoms with E-state index in [2.05, 4.69) is 10.2 Å². The first-order valence-electron chi connectivity index (χ1n) is 9.42. The highest BCUT2D eigenvalue weighted by Gasteiger charge is 2.34. The van der Waals surface area contributed by atoms with Crippen LogP contribution in [0.3, 0.4) is 0 Å². The van der Waals surface area contributed by atoms with E-state index in [9.17, 15) is 9.59 Å². The summed E-state index contributed by atoms with van der Waals surface area (Å²) in [7, 11) is 1.55. The van der Waals surface area contributed by atoms with Crippen molar-refractivity contribution in [3.63, 3.8) is 0 Å². The van der Waals surface area contributed by atoms with E-state index in [-0.39, 0.29) is 11.7 Å². The first-order chi connectivity index (χ1) is 12.6. The number of benzene rings is 1. The van der Waals surface area contributed by atoms with Gasteiger partial charge in [-0.2, -0.15) is 0 Å². The average Bonchev–Trinajstić information content (AvgIpc) is 3.38. The van der Waals surface area contributed by atoms with Gasteiger partial charge in [-0.05, 0) is 50.8 Å². The Labute approximate surface area is 154 Å². The Balaban J connectivity index is 1.37. The number of nitrogens with one attached hydrogen (secondary N) is 1. The highest BCUT2D eigenvalue weighted by atomic mass is 16.5. The minimum atomic E-state index is -0.0151. The maximum atomic E-state index is 12.1. The van der Waals surface area contributed by atoms with Crippen molar-refractivity contribution in [1.82, 2.24) is 10.2 Å². The van der Waals surface area contributed by atoms with Crippen LogP contribution < -0.4 is 14.8 Å². The second kappa shape index (κ2) is 8.54. The number of hydrogen-bond acceptors (Lipinski definition) is 5. The molecule has 1 heterocycles. The minimum Gasteiger partial charge on any atom is -0.493 e. The maximum Gasteiger partial charge on any atom is 0.220 e. The summed E-state index contributed by atoms with van der Waals surface area (Å²) in [5.74, 6) is 1.20. The van der Waals surface area contributed by atoms with E-state index in [1.54, 1.807) is 25.3 Å². The molecule has 6 nitrogen and oxygen atoms in total. The number of carbonyl (C=O) groups is 2. The highest BCUT2D eigenvalue weighted by Crippen LogP contribution is 2.30. The number of methoxy groups -OCH3 is 1. The molecule has 1 aromatic carbocycles. The molecule has 2 fully saturated rings. The van der Waals surface area contributed by atoms with Crippen molar-refractivity contribution in [3.8, 4) is 11.5 Å². The molecule has 1 unspecified atom stereocenters. The lowest BCUT2D eigenvalue weighted by atomic mass is 10.1. The van der Waals surface area contributed by atoms with Gasteiger partial charge in [-0.25, -0.2) is 0 Å². The molecule has 0 spiro atoms. The SMILES string of the molecule is COc1cc(C(C)=O)ccc1OCCCC(=O)NC1CCN(C2CC2)C1. The van der Waals surface area contributed by atoms with E-state index in [4.69, 9.17) is 9.47 Å². The van der Waals surface area contributed by atoms with E-state index in [1.807, 2.05) is 0 Å². The van der Waals surface area contributed by atoms with E-state index < -0.39 is 0 Å². The molecule has 6 heteroatoms. The van der Waals surface area contributed by atoms with Crippen molar-refractivity contribution in [1.29, 1.82) is 0 Å². The zero-order valence-corrected chi connectivity index (χ0v) is 15.6. The molecular weight excluding hydrogens is 332 g/mol. The van der Waals surface area contributed by atoms with Gasteiger partial charge >= 0.3 is 0 Å². The molecule has 1 saturated heterocycles. The van der Waals surface area contributed by atoms with Gasteiger partial charge in [-0.3, -0.25) is 14.5 Å². The molecule has 3 rings (SSSR count). The van der Waals surface area contributed by atoms with Crippen LogP contribution >= 0.6 is 0 Å². The maximum absolute atomic E-state index is 12.1. The van der Waals surface area contributed by atoms with Crippen LogP contribution in [0.1, 0.15) is 49.4 Å². The Kier molecular flexibility index (Phi) is 6.14. The summed E-state index contributed by atoms with van der Waals surface area (Å²) >= 11 is 0. The molecule has 1 aromatic rings. The molecule has 142 valence electrons. The molecule has 2 aliphatic rings. The smallest absolute Gasteiger partial charge is 0.220 e. The average molecular weight is 360 g/mol. The Morgan fingerprint density at radius 1 is 1.23 bits per heavy atom. The van der Waals surface area contributed by atoms with Crippen molar-refractivity contribution < 1.29 is 19.1 Å². The molecule has 1 N–H and O–H groups in total. The number of ether oxygens (including phenoxy) is 2. The summed E-state index contributed by atoms with van der Waals surface area (Å²) < 4.78 is 11.0. The van der Waals surface area contributed by atoms with Gasteiger partial charge in [0.25, 0.3) is 0 Å². The predicted molar refractivity (Wildman–Crippen MR) is 98.9 cm³/mol. The van der Waals surface area contributed by atoms with Gasteiger partial charge < -0.3 is 14.8 Å². The van der Waals surface area contributed by atoms with Crippen molar-refractivity contribution >= 4 is 11.7 Å². The van der Waals surface area contributed by atoms with Crippen molar-refractivity contribution in [2.45, 2.75) is 51.1 Å². The minimum absolute atomic E-state index is 0.0151. The molecule has 0 bridgehead atoms. The normalized spacial score (nSPS) is 20.0. The summed E-state index contributed by atoms with van der Waals surface area (Å²) in [6.07, 6.45) is 4.78. The van der Waals surface area contributed by atoms with E-state index in [1.165, 1.54) is 19.8 Å². The summed E-state index contributed by atoms with van der Waals surface area (Å²) in [5.41, 5.74) is 0.588. The Morgan fingerprint density at radius 3 is 2.73 bits per heavy atom. The van der Waals surface area contributed by atoms with E-state index >= 15 is 0 Å². The fraction of sp³-hybridized carbons (Fsp3) is 0.600. The molecule has 1 aliphatic carbocycles. The second-order valence-corrected chi connectivity index (χ2v) is 7.15. The number of likely N-dealkylation sites (tertiary alicyclic amines) is 1. The van der Waals surface area contributed by atoms with Gasteiger partial charge in [0.1, 0.15) is 0 Å². The lowest BCUT2D eigenvalue weighted by molar-refractivity contribution is -0.121. The van der Waals surface area contributed by atoms with Crippen LogP contribution in [-0.4, -0.2) is 55.5 Å². The van der Waals surface area contributed by atoms with E-state index in [0.717, 1.165) is 25.6 Å². The van der Waals surface area contributed by atoms with Gasteiger partial charge in [0.15, 0.2) is 17.3 Å². The number of nitrogens with zero attached hydrogens (tertiary/aromatic N) is 1. The monoisotopic (exact) mass is 360 g/mol. The largest absolute Gasteiger partial charge is 0.493 e. The molecule has 1 saturated carbocycles. The summed E-state index contributed by atoms with van der Waals surface area (Å²) in [5, 5.41) is 3.13. The van der Waals surface area contributed by atoms with Crippen LogP contribution in [0, 0.1) is 0 Å². The number of rotatable bonds is 9. The van der Waals surface area contributed by atoms with Crippen molar-refractivity contribution in [3.05, 3.63) is 23.8 Å². The fourth-order valence-corrected chi connectivity index (χ4v) is 3.40. The lowest BCUT2D eigenvalue weighted by Crippen LogP contribution is -2.37. The zero-order valence-electron chi connectivity index (χ0n) is 15.6. The number of Topliss-reactive ketones (excluding diaryl/α,β-unsaturated/α-hetero) is 1. The standard InChI is InChI=1S/C20H28N2O4/c1-14(23)15-5-8-18(19(12-15)25-2)26-11-3-4-20(24)21-16-9-10-22(13-16)17-6-7-17/h5,8,12,16-17H,3-4,6-7,9-11,13H2,1-2H3,(H,21,24). The van der Waals surface area contributed by atoms with Crippen molar-refractivity contribution in [2.75, 3.05) is 26.8 Å². The van der Waals surface area contributed by atoms with Gasteiger partial charge in [0, 0.05) is 37.2 Å². The van der Waals surface area contributed by atoms with Gasteiger partial charge in [-0.1, -0.05) is 0 Å². The first-order valence-corrected chi connectivity index (χ1v) is 9.42. The van der Waals surface area contributed by atoms with Gasteiger partial charge in [0.2, 0.25) is 5.91 Å². The Morgan fingerprint density at radius 2 is 2.04 bits per heavy atom. The summed E-state index contributed by atoms with van der Waals surface area (Å²) in [6, 6.07) is 6.20. The molecule has 26 heavy (non-hydrogen) atoms. The molecule has 0 aromatic heterocycles. The third-order valence-electron chi connectivity index (χ3n) is 5.02. The number of hydrogen-bond donors (Lipinski definition) is 1. The van der Waals surface area contributed by atoms with Crippen molar-refractivity contribution in [2.24, 2.45) is 0 Å². The predicted octanol–water partition coefficient (Wildman–Crippen LogP) is 2.41. The van der Waals surface area contributed by atoms with Crippen LogP contribution in [0.2, 0.25) is 0 Å². The Bertz CT molecular complexity index is 657. The van der Waals surface area contributed by atoms with Crippen LogP contribution in [-0.2, 0) is 4.79 Å². The van der Waals surface area contributed by atoms with E-state index in [0.29, 0.717) is 42.6 Å². The molecular formula is C20H28N2O4. The Hall–Kier alpha value is -2.08. The second-order valence-electron chi connectivity index (χ2n) is 7.15. The third kappa shape index (κ3) is 4.97. The van der Waals surface area contributed by atoms with Crippen LogP contribution in [0.15, 0.2) is 18.2 Å². The topological polar surface area (TPSA) is 67.9 Å². The molecule has 1 aliphatic heterocycles. The van der Waals surface area contributed by atoms with Crippen LogP contribution in [0.25, 0.3) is 0 Å². The fourth-order valence-electron chi connectivity index (χ4n) is 3.40. The highest BCUT2D eigenvalue weighted by molar-refractivity contribution is 5.94.